The third-order valence-corrected chi connectivity index (χ3v) is 8.84. The summed E-state index contributed by atoms with van der Waals surface area (Å²) in [6, 6.07) is 8.46. The van der Waals surface area contributed by atoms with Crippen molar-refractivity contribution in [3.63, 3.8) is 0 Å². The summed E-state index contributed by atoms with van der Waals surface area (Å²) >= 11 is 0. The molecule has 2 aliphatic rings. The zero-order chi connectivity index (χ0) is 25.1. The number of hydrogen-bond acceptors (Lipinski definition) is 4. The summed E-state index contributed by atoms with van der Waals surface area (Å²) in [5.41, 5.74) is 6.02. The van der Waals surface area contributed by atoms with Gasteiger partial charge in [-0.25, -0.2) is 0 Å². The van der Waals surface area contributed by atoms with Gasteiger partial charge in [0.25, 0.3) is 0 Å². The predicted octanol–water partition coefficient (Wildman–Crippen LogP) is 6.20. The Bertz CT molecular complexity index is 932. The smallest absolute Gasteiger partial charge is 0.122 e. The third-order valence-electron chi connectivity index (χ3n) is 8.84. The van der Waals surface area contributed by atoms with Crippen LogP contribution in [0.2, 0.25) is 0 Å². The highest BCUT2D eigenvalue weighted by Crippen LogP contribution is 2.48. The van der Waals surface area contributed by atoms with Gasteiger partial charge in [0.15, 0.2) is 0 Å². The molecule has 0 saturated heterocycles. The van der Waals surface area contributed by atoms with Gasteiger partial charge in [0.05, 0.1) is 0 Å². The van der Waals surface area contributed by atoms with Gasteiger partial charge in [-0.05, 0) is 84.5 Å². The first-order valence-corrected chi connectivity index (χ1v) is 13.7. The highest BCUT2D eigenvalue weighted by molar-refractivity contribution is 5.54. The van der Waals surface area contributed by atoms with Crippen LogP contribution < -0.4 is 0 Å². The number of aliphatic hydroxyl groups excluding tert-OH is 2. The maximum Gasteiger partial charge on any atom is 0.122 e. The van der Waals surface area contributed by atoms with Crippen molar-refractivity contribution >= 4 is 0 Å². The topological polar surface area (TPSA) is 80.9 Å². The summed E-state index contributed by atoms with van der Waals surface area (Å²) in [6.07, 6.45) is 12.5. The molecule has 4 heteroatoms. The van der Waals surface area contributed by atoms with E-state index in [-0.39, 0.29) is 24.0 Å². The standard InChI is InChI=1S/C31H44O4/c1-30(11-3-4-12-30)26-19-22(9-7-15-32)17-24(28(26)34)21-25-18-23(10-8-16-33)20-27(29(25)35)31(2)13-5-6-14-31/h17-20,32-35H,3-16,21H2,1-2H3. The molecule has 2 fully saturated rings. The monoisotopic (exact) mass is 480 g/mol. The number of benzene rings is 2. The molecule has 2 aromatic rings. The van der Waals surface area contributed by atoms with Gasteiger partial charge in [0.2, 0.25) is 0 Å². The number of aliphatic hydroxyl groups is 2. The van der Waals surface area contributed by atoms with E-state index in [1.807, 2.05) is 0 Å². The third kappa shape index (κ3) is 5.54. The molecule has 0 spiro atoms. The molecule has 0 bridgehead atoms. The first-order chi connectivity index (χ1) is 16.8. The Morgan fingerprint density at radius 1 is 0.629 bits per heavy atom. The van der Waals surface area contributed by atoms with E-state index in [0.717, 1.165) is 71.9 Å². The lowest BCUT2D eigenvalue weighted by Gasteiger charge is -2.29. The fourth-order valence-electron chi connectivity index (χ4n) is 6.62. The molecule has 0 radical (unpaired) electrons. The van der Waals surface area contributed by atoms with Crippen molar-refractivity contribution in [2.24, 2.45) is 0 Å². The van der Waals surface area contributed by atoms with Crippen molar-refractivity contribution in [2.75, 3.05) is 13.2 Å². The van der Waals surface area contributed by atoms with Gasteiger partial charge in [-0.2, -0.15) is 0 Å². The molecule has 0 atom stereocenters. The van der Waals surface area contributed by atoms with Crippen molar-refractivity contribution in [3.8, 4) is 11.5 Å². The van der Waals surface area contributed by atoms with Gasteiger partial charge in [-0.3, -0.25) is 0 Å². The quantitative estimate of drug-likeness (QED) is 0.326. The van der Waals surface area contributed by atoms with Gasteiger partial charge in [-0.15, -0.1) is 0 Å². The Hall–Kier alpha value is -2.04. The minimum absolute atomic E-state index is 0.0262. The van der Waals surface area contributed by atoms with Gasteiger partial charge >= 0.3 is 0 Å². The zero-order valence-electron chi connectivity index (χ0n) is 21.7. The van der Waals surface area contributed by atoms with E-state index in [1.165, 1.54) is 25.7 Å². The lowest BCUT2D eigenvalue weighted by atomic mass is 9.77. The molecule has 2 aromatic carbocycles. The summed E-state index contributed by atoms with van der Waals surface area (Å²) < 4.78 is 0. The second-order valence-corrected chi connectivity index (χ2v) is 11.7. The van der Waals surface area contributed by atoms with Crippen LogP contribution in [0.3, 0.4) is 0 Å². The molecule has 0 aromatic heterocycles. The van der Waals surface area contributed by atoms with E-state index in [0.29, 0.717) is 30.8 Å². The average molecular weight is 481 g/mol. The Kier molecular flexibility index (Phi) is 8.12. The number of aromatic hydroxyl groups is 2. The van der Waals surface area contributed by atoms with E-state index >= 15 is 0 Å². The average Bonchev–Trinajstić information content (AvgIpc) is 3.49. The summed E-state index contributed by atoms with van der Waals surface area (Å²) in [5, 5.41) is 41.8. The summed E-state index contributed by atoms with van der Waals surface area (Å²) in [6.45, 7) is 4.83. The molecular formula is C31H44O4. The Balaban J connectivity index is 1.78. The van der Waals surface area contributed by atoms with E-state index in [2.05, 4.69) is 38.1 Å². The van der Waals surface area contributed by atoms with Crippen LogP contribution >= 0.6 is 0 Å². The molecule has 4 rings (SSSR count). The van der Waals surface area contributed by atoms with E-state index in [9.17, 15) is 20.4 Å². The van der Waals surface area contributed by atoms with Crippen molar-refractivity contribution in [3.05, 3.63) is 57.6 Å². The van der Waals surface area contributed by atoms with Crippen molar-refractivity contribution in [1.82, 2.24) is 0 Å². The van der Waals surface area contributed by atoms with E-state index in [4.69, 9.17) is 0 Å². The zero-order valence-corrected chi connectivity index (χ0v) is 21.7. The number of phenols is 2. The van der Waals surface area contributed by atoms with Gasteiger partial charge in [0.1, 0.15) is 11.5 Å². The molecule has 4 N–H and O–H groups in total. The summed E-state index contributed by atoms with van der Waals surface area (Å²) in [7, 11) is 0. The minimum Gasteiger partial charge on any atom is -0.507 e. The highest BCUT2D eigenvalue weighted by atomic mass is 16.3. The van der Waals surface area contributed by atoms with Gasteiger partial charge < -0.3 is 20.4 Å². The fraction of sp³-hybridized carbons (Fsp3) is 0.613. The van der Waals surface area contributed by atoms with Crippen LogP contribution in [0.4, 0.5) is 0 Å². The molecule has 192 valence electrons. The van der Waals surface area contributed by atoms with Crippen molar-refractivity contribution < 1.29 is 20.4 Å². The maximum absolute atomic E-state index is 11.5. The maximum atomic E-state index is 11.5. The molecule has 0 amide bonds. The number of aryl methyl sites for hydroxylation is 2. The fourth-order valence-corrected chi connectivity index (χ4v) is 6.62. The molecule has 0 heterocycles. The molecular weight excluding hydrogens is 436 g/mol. The Labute approximate surface area is 211 Å². The summed E-state index contributed by atoms with van der Waals surface area (Å²) in [5.74, 6) is 0.742. The highest BCUT2D eigenvalue weighted by Gasteiger charge is 2.35. The number of rotatable bonds is 10. The predicted molar refractivity (Wildman–Crippen MR) is 141 cm³/mol. The molecule has 2 aliphatic carbocycles. The second kappa shape index (κ2) is 10.9. The molecule has 35 heavy (non-hydrogen) atoms. The SMILES string of the molecule is CC1(c2cc(CCCO)cc(Cc3cc(CCCO)cc(C4(C)CCCC4)c3O)c2O)CCCC1. The van der Waals surface area contributed by atoms with Crippen molar-refractivity contribution in [1.29, 1.82) is 0 Å². The lowest BCUT2D eigenvalue weighted by Crippen LogP contribution is -2.19. The van der Waals surface area contributed by atoms with Gasteiger partial charge in [0, 0.05) is 30.8 Å². The van der Waals surface area contributed by atoms with Gasteiger partial charge in [-0.1, -0.05) is 63.8 Å². The molecule has 2 saturated carbocycles. The van der Waals surface area contributed by atoms with Crippen LogP contribution in [-0.2, 0) is 30.1 Å². The van der Waals surface area contributed by atoms with Crippen LogP contribution in [0.25, 0.3) is 0 Å². The molecule has 0 unspecified atom stereocenters. The Morgan fingerprint density at radius 2 is 1.00 bits per heavy atom. The van der Waals surface area contributed by atoms with Crippen LogP contribution in [0, 0.1) is 0 Å². The van der Waals surface area contributed by atoms with Crippen LogP contribution in [0.5, 0.6) is 11.5 Å². The molecule has 0 aliphatic heterocycles. The van der Waals surface area contributed by atoms with Crippen LogP contribution in [0.1, 0.15) is 111 Å². The minimum atomic E-state index is -0.0262. The van der Waals surface area contributed by atoms with E-state index < -0.39 is 0 Å². The number of hydrogen-bond donors (Lipinski definition) is 4. The molecule has 4 nitrogen and oxygen atoms in total. The normalized spacial score (nSPS) is 18.9. The lowest BCUT2D eigenvalue weighted by molar-refractivity contribution is 0.288. The van der Waals surface area contributed by atoms with Crippen LogP contribution in [0.15, 0.2) is 24.3 Å². The Morgan fingerprint density at radius 3 is 1.34 bits per heavy atom. The van der Waals surface area contributed by atoms with E-state index in [1.54, 1.807) is 0 Å². The second-order valence-electron chi connectivity index (χ2n) is 11.7. The summed E-state index contributed by atoms with van der Waals surface area (Å²) in [4.78, 5) is 0. The van der Waals surface area contributed by atoms with Crippen LogP contribution in [-0.4, -0.2) is 33.6 Å². The first kappa shape index (κ1) is 26.0. The van der Waals surface area contributed by atoms with Crippen molar-refractivity contribution in [2.45, 2.75) is 108 Å². The largest absolute Gasteiger partial charge is 0.507 e. The number of phenolic OH excluding ortho intramolecular Hbond substituents is 2. The first-order valence-electron chi connectivity index (χ1n) is 13.7.